The molecule has 1 aromatic carbocycles. The number of rotatable bonds is 2. The molecule has 1 fully saturated rings. The Hall–Kier alpha value is -1.50. The first-order chi connectivity index (χ1) is 9.38. The average Bonchev–Trinajstić information content (AvgIpc) is 2.76. The number of anilines is 1. The van der Waals surface area contributed by atoms with E-state index < -0.39 is 24.1 Å². The molecule has 108 valence electrons. The van der Waals surface area contributed by atoms with Gasteiger partial charge in [-0.1, -0.05) is 23.2 Å². The van der Waals surface area contributed by atoms with Crippen molar-refractivity contribution in [2.75, 3.05) is 11.9 Å². The quantitative estimate of drug-likeness (QED) is 0.778. The van der Waals surface area contributed by atoms with Crippen LogP contribution in [0.4, 0.5) is 10.5 Å². The van der Waals surface area contributed by atoms with Crippen molar-refractivity contribution in [2.24, 2.45) is 0 Å². The summed E-state index contributed by atoms with van der Waals surface area (Å²) in [6, 6.07) is 2.89. The maximum absolute atomic E-state index is 12.0. The van der Waals surface area contributed by atoms with Gasteiger partial charge >= 0.3 is 12.0 Å². The molecule has 0 aromatic heterocycles. The molecule has 1 saturated heterocycles. The van der Waals surface area contributed by atoms with E-state index in [2.05, 4.69) is 5.32 Å². The molecular formula is C12H12Cl2N2O4. The highest BCUT2D eigenvalue weighted by atomic mass is 35.5. The predicted molar refractivity (Wildman–Crippen MR) is 74.2 cm³/mol. The van der Waals surface area contributed by atoms with Crippen LogP contribution in [0.25, 0.3) is 0 Å². The number of aliphatic carboxylic acids is 1. The van der Waals surface area contributed by atoms with Crippen LogP contribution in [0.15, 0.2) is 18.2 Å². The molecule has 0 aliphatic carbocycles. The van der Waals surface area contributed by atoms with Crippen LogP contribution in [-0.2, 0) is 4.79 Å². The van der Waals surface area contributed by atoms with E-state index >= 15 is 0 Å². The number of amides is 2. The molecule has 2 atom stereocenters. The number of likely N-dealkylation sites (tertiary alicyclic amines) is 1. The monoisotopic (exact) mass is 318 g/mol. The lowest BCUT2D eigenvalue weighted by Gasteiger charge is -2.21. The number of hydrogen-bond acceptors (Lipinski definition) is 3. The number of benzene rings is 1. The molecule has 0 radical (unpaired) electrons. The van der Waals surface area contributed by atoms with Gasteiger partial charge in [0, 0.05) is 18.7 Å². The standard InChI is InChI=1S/C12H12Cl2N2O4/c13-8-2-1-6(3-9(8)14)15-12(20)16-5-7(17)4-10(16)11(18)19/h1-3,7,10,17H,4-5H2,(H,15,20)(H,18,19)/t7-,10+/m1/s1. The fourth-order valence-corrected chi connectivity index (χ4v) is 2.34. The van der Waals surface area contributed by atoms with E-state index in [4.69, 9.17) is 28.3 Å². The molecule has 3 N–H and O–H groups in total. The molecule has 1 aliphatic heterocycles. The minimum Gasteiger partial charge on any atom is -0.480 e. The van der Waals surface area contributed by atoms with Gasteiger partial charge in [0.1, 0.15) is 6.04 Å². The van der Waals surface area contributed by atoms with Gasteiger partial charge in [-0.05, 0) is 18.2 Å². The van der Waals surface area contributed by atoms with Crippen LogP contribution in [0.2, 0.25) is 10.0 Å². The zero-order chi connectivity index (χ0) is 14.9. The summed E-state index contributed by atoms with van der Waals surface area (Å²) >= 11 is 11.6. The van der Waals surface area contributed by atoms with Crippen LogP contribution < -0.4 is 5.32 Å². The Morgan fingerprint density at radius 1 is 1.30 bits per heavy atom. The summed E-state index contributed by atoms with van der Waals surface area (Å²) in [7, 11) is 0. The Bertz CT molecular complexity index is 552. The first-order valence-corrected chi connectivity index (χ1v) is 6.57. The van der Waals surface area contributed by atoms with Gasteiger partial charge in [0.15, 0.2) is 0 Å². The highest BCUT2D eigenvalue weighted by Crippen LogP contribution is 2.26. The number of β-amino-alcohol motifs (C(OH)–C–C–N with tert-alkyl or cyclic N) is 1. The number of aliphatic hydroxyl groups is 1. The first kappa shape index (κ1) is 14.9. The number of urea groups is 1. The van der Waals surface area contributed by atoms with Crippen LogP contribution in [-0.4, -0.2) is 45.8 Å². The van der Waals surface area contributed by atoms with E-state index in [1.165, 1.54) is 12.1 Å². The number of halogens is 2. The maximum Gasteiger partial charge on any atom is 0.326 e. The van der Waals surface area contributed by atoms with Gasteiger partial charge in [0.05, 0.1) is 16.1 Å². The third kappa shape index (κ3) is 3.15. The lowest BCUT2D eigenvalue weighted by Crippen LogP contribution is -2.43. The minimum atomic E-state index is -1.15. The molecule has 0 unspecified atom stereocenters. The molecule has 1 heterocycles. The summed E-state index contributed by atoms with van der Waals surface area (Å²) in [5, 5.41) is 21.7. The zero-order valence-corrected chi connectivity index (χ0v) is 11.7. The molecule has 0 spiro atoms. The predicted octanol–water partition coefficient (Wildman–Crippen LogP) is 2.05. The topological polar surface area (TPSA) is 89.9 Å². The minimum absolute atomic E-state index is 0.0180. The van der Waals surface area contributed by atoms with Gasteiger partial charge in [-0.25, -0.2) is 9.59 Å². The van der Waals surface area contributed by atoms with Crippen LogP contribution in [0, 0.1) is 0 Å². The molecule has 2 amide bonds. The molecule has 1 aliphatic rings. The van der Waals surface area contributed by atoms with Crippen molar-refractivity contribution in [3.63, 3.8) is 0 Å². The third-order valence-electron chi connectivity index (χ3n) is 3.00. The molecule has 20 heavy (non-hydrogen) atoms. The highest BCUT2D eigenvalue weighted by Gasteiger charge is 2.38. The van der Waals surface area contributed by atoms with E-state index in [0.717, 1.165) is 4.90 Å². The summed E-state index contributed by atoms with van der Waals surface area (Å²) < 4.78 is 0. The number of nitrogens with one attached hydrogen (secondary N) is 1. The van der Waals surface area contributed by atoms with Crippen molar-refractivity contribution in [3.05, 3.63) is 28.2 Å². The maximum atomic E-state index is 12.0. The van der Waals surface area contributed by atoms with Gasteiger partial charge in [-0.3, -0.25) is 0 Å². The van der Waals surface area contributed by atoms with Gasteiger partial charge in [-0.2, -0.15) is 0 Å². The lowest BCUT2D eigenvalue weighted by atomic mass is 10.2. The summed E-state index contributed by atoms with van der Waals surface area (Å²) in [6.07, 6.45) is -0.819. The third-order valence-corrected chi connectivity index (χ3v) is 3.73. The molecule has 0 saturated carbocycles. The summed E-state index contributed by atoms with van der Waals surface area (Å²) in [5.41, 5.74) is 0.398. The second-order valence-corrected chi connectivity index (χ2v) is 5.27. The Balaban J connectivity index is 2.11. The van der Waals surface area contributed by atoms with E-state index in [0.29, 0.717) is 10.7 Å². The Labute approximate surface area is 124 Å². The Morgan fingerprint density at radius 3 is 2.60 bits per heavy atom. The number of aliphatic hydroxyl groups excluding tert-OH is 1. The number of nitrogens with zero attached hydrogens (tertiary/aromatic N) is 1. The summed E-state index contributed by atoms with van der Waals surface area (Å²) in [4.78, 5) is 24.2. The summed E-state index contributed by atoms with van der Waals surface area (Å²) in [5.74, 6) is -1.15. The van der Waals surface area contributed by atoms with Crippen LogP contribution >= 0.6 is 23.2 Å². The van der Waals surface area contributed by atoms with Crippen LogP contribution in [0.3, 0.4) is 0 Å². The van der Waals surface area contributed by atoms with Crippen molar-refractivity contribution in [2.45, 2.75) is 18.6 Å². The molecular weight excluding hydrogens is 307 g/mol. The van der Waals surface area contributed by atoms with E-state index in [1.807, 2.05) is 0 Å². The SMILES string of the molecule is O=C(O)[C@@H]1C[C@@H](O)CN1C(=O)Nc1ccc(Cl)c(Cl)c1. The Kier molecular flexibility index (Phi) is 4.37. The fraction of sp³-hybridized carbons (Fsp3) is 0.333. The van der Waals surface area contributed by atoms with Gasteiger partial charge in [0.2, 0.25) is 0 Å². The number of carboxylic acids is 1. The number of carbonyl (C=O) groups is 2. The molecule has 8 heteroatoms. The largest absolute Gasteiger partial charge is 0.480 e. The second kappa shape index (κ2) is 5.87. The highest BCUT2D eigenvalue weighted by molar-refractivity contribution is 6.42. The van der Waals surface area contributed by atoms with Crippen molar-refractivity contribution in [3.8, 4) is 0 Å². The van der Waals surface area contributed by atoms with E-state index in [-0.39, 0.29) is 18.0 Å². The van der Waals surface area contributed by atoms with Crippen molar-refractivity contribution in [1.29, 1.82) is 0 Å². The smallest absolute Gasteiger partial charge is 0.326 e. The molecule has 6 nitrogen and oxygen atoms in total. The molecule has 2 rings (SSSR count). The number of carboxylic acid groups (broad SMARTS) is 1. The molecule has 1 aromatic rings. The normalized spacial score (nSPS) is 21.9. The van der Waals surface area contributed by atoms with E-state index in [1.54, 1.807) is 6.07 Å². The lowest BCUT2D eigenvalue weighted by molar-refractivity contribution is -0.141. The van der Waals surface area contributed by atoms with Gasteiger partial charge in [-0.15, -0.1) is 0 Å². The van der Waals surface area contributed by atoms with Crippen molar-refractivity contribution < 1.29 is 19.8 Å². The van der Waals surface area contributed by atoms with Crippen molar-refractivity contribution in [1.82, 2.24) is 4.90 Å². The van der Waals surface area contributed by atoms with Crippen molar-refractivity contribution >= 4 is 40.9 Å². The fourth-order valence-electron chi connectivity index (χ4n) is 2.04. The molecule has 0 bridgehead atoms. The van der Waals surface area contributed by atoms with Gasteiger partial charge in [0.25, 0.3) is 0 Å². The number of hydrogen-bond donors (Lipinski definition) is 3. The zero-order valence-electron chi connectivity index (χ0n) is 10.2. The first-order valence-electron chi connectivity index (χ1n) is 5.82. The van der Waals surface area contributed by atoms with E-state index in [9.17, 15) is 14.7 Å². The Morgan fingerprint density at radius 2 is 2.00 bits per heavy atom. The van der Waals surface area contributed by atoms with Gasteiger partial charge < -0.3 is 20.4 Å². The summed E-state index contributed by atoms with van der Waals surface area (Å²) in [6.45, 7) is -0.0237. The van der Waals surface area contributed by atoms with Crippen LogP contribution in [0.1, 0.15) is 6.42 Å². The average molecular weight is 319 g/mol. The number of carbonyl (C=O) groups excluding carboxylic acids is 1. The second-order valence-electron chi connectivity index (χ2n) is 4.45. The van der Waals surface area contributed by atoms with Crippen LogP contribution in [0.5, 0.6) is 0 Å².